The molecular weight excluding hydrogens is 250 g/mol. The number of nitrogens with zero attached hydrogens (tertiary/aromatic N) is 3. The summed E-state index contributed by atoms with van der Waals surface area (Å²) in [6.07, 6.45) is 1.08. The number of methoxy groups -OCH3 is 1. The fourth-order valence-corrected chi connectivity index (χ4v) is 1.44. The molecule has 0 aliphatic carbocycles. The lowest BCUT2D eigenvalue weighted by atomic mass is 10.4. The maximum Gasteiger partial charge on any atom is 0.325 e. The number of esters is 1. The number of carbonyl (C=O) groups excluding carboxylic acids is 1. The number of hydrogen-bond acceptors (Lipinski definition) is 6. The Kier molecular flexibility index (Phi) is 4.22. The molecule has 0 radical (unpaired) electrons. The topological polar surface area (TPSA) is 85.6 Å². The first-order valence-electron chi connectivity index (χ1n) is 4.53. The Labute approximate surface area is 102 Å². The van der Waals surface area contributed by atoms with Crippen LogP contribution >= 0.6 is 11.6 Å². The third-order valence-corrected chi connectivity index (χ3v) is 2.25. The third-order valence-electron chi connectivity index (χ3n) is 1.97. The van der Waals surface area contributed by atoms with Crippen LogP contribution in [0, 0.1) is 10.1 Å². The van der Waals surface area contributed by atoms with Gasteiger partial charge in [0, 0.05) is 13.1 Å². The molecule has 1 aromatic heterocycles. The Morgan fingerprint density at radius 3 is 2.82 bits per heavy atom. The molecule has 0 amide bonds. The first-order valence-corrected chi connectivity index (χ1v) is 4.91. The summed E-state index contributed by atoms with van der Waals surface area (Å²) in [5.41, 5.74) is -0.204. The van der Waals surface area contributed by atoms with E-state index in [0.29, 0.717) is 0 Å². The summed E-state index contributed by atoms with van der Waals surface area (Å²) < 4.78 is 4.48. The van der Waals surface area contributed by atoms with E-state index in [0.717, 1.165) is 6.20 Å². The van der Waals surface area contributed by atoms with Gasteiger partial charge >= 0.3 is 5.97 Å². The minimum Gasteiger partial charge on any atom is -0.468 e. The van der Waals surface area contributed by atoms with Crippen LogP contribution < -0.4 is 4.90 Å². The summed E-state index contributed by atoms with van der Waals surface area (Å²) in [6, 6.07) is 1.18. The lowest BCUT2D eigenvalue weighted by Crippen LogP contribution is -2.27. The number of likely N-dealkylation sites (N-methyl/N-ethyl adjacent to an activating group) is 1. The predicted octanol–water partition coefficient (Wildman–Crippen LogP) is 1.25. The lowest BCUT2D eigenvalue weighted by molar-refractivity contribution is -0.385. The molecule has 1 aromatic rings. The van der Waals surface area contributed by atoms with Gasteiger partial charge in [-0.05, 0) is 0 Å². The molecule has 0 aliphatic rings. The van der Waals surface area contributed by atoms with Gasteiger partial charge in [-0.15, -0.1) is 0 Å². The predicted molar refractivity (Wildman–Crippen MR) is 61.2 cm³/mol. The Morgan fingerprint density at radius 2 is 2.35 bits per heavy atom. The van der Waals surface area contributed by atoms with Crippen LogP contribution in [0.4, 0.5) is 11.5 Å². The molecule has 0 unspecified atom stereocenters. The zero-order valence-electron chi connectivity index (χ0n) is 9.21. The maximum atomic E-state index is 11.0. The second kappa shape index (κ2) is 5.44. The highest BCUT2D eigenvalue weighted by Gasteiger charge is 2.15. The zero-order chi connectivity index (χ0) is 13.0. The van der Waals surface area contributed by atoms with E-state index in [1.54, 1.807) is 7.05 Å². The van der Waals surface area contributed by atoms with E-state index >= 15 is 0 Å². The molecule has 1 heterocycles. The third kappa shape index (κ3) is 3.28. The van der Waals surface area contributed by atoms with Crippen molar-refractivity contribution in [3.63, 3.8) is 0 Å². The highest BCUT2D eigenvalue weighted by Crippen LogP contribution is 2.25. The number of pyridine rings is 1. The summed E-state index contributed by atoms with van der Waals surface area (Å²) in [5, 5.41) is 10.6. The number of ether oxygens (including phenoxy) is 1. The van der Waals surface area contributed by atoms with Crippen LogP contribution in [-0.2, 0) is 9.53 Å². The molecule has 1 rings (SSSR count). The van der Waals surface area contributed by atoms with Gasteiger partial charge in [-0.2, -0.15) is 0 Å². The van der Waals surface area contributed by atoms with Crippen molar-refractivity contribution in [2.45, 2.75) is 0 Å². The molecule has 0 fully saturated rings. The van der Waals surface area contributed by atoms with Crippen molar-refractivity contribution in [3.8, 4) is 0 Å². The number of aromatic nitrogens is 1. The molecule has 0 aliphatic heterocycles. The van der Waals surface area contributed by atoms with Gasteiger partial charge in [0.15, 0.2) is 0 Å². The number of halogens is 1. The van der Waals surface area contributed by atoms with Crippen LogP contribution in [0.15, 0.2) is 12.3 Å². The lowest BCUT2D eigenvalue weighted by Gasteiger charge is -2.17. The normalized spacial score (nSPS) is 9.82. The van der Waals surface area contributed by atoms with Gasteiger partial charge in [-0.25, -0.2) is 4.98 Å². The Morgan fingerprint density at radius 1 is 1.71 bits per heavy atom. The second-order valence-corrected chi connectivity index (χ2v) is 3.60. The van der Waals surface area contributed by atoms with Gasteiger partial charge in [0.1, 0.15) is 18.6 Å². The Balaban J connectivity index is 2.92. The number of hydrogen-bond donors (Lipinski definition) is 0. The molecule has 17 heavy (non-hydrogen) atoms. The van der Waals surface area contributed by atoms with Crippen molar-refractivity contribution >= 4 is 29.1 Å². The molecule has 0 atom stereocenters. The summed E-state index contributed by atoms with van der Waals surface area (Å²) in [5.74, 6) is -0.175. The Bertz CT molecular complexity index is 452. The van der Waals surface area contributed by atoms with E-state index in [4.69, 9.17) is 11.6 Å². The molecule has 8 heteroatoms. The van der Waals surface area contributed by atoms with Crippen LogP contribution in [-0.4, -0.2) is 36.6 Å². The van der Waals surface area contributed by atoms with Crippen LogP contribution in [0.5, 0.6) is 0 Å². The van der Waals surface area contributed by atoms with Crippen LogP contribution in [0.1, 0.15) is 0 Å². The average Bonchev–Trinajstić information content (AvgIpc) is 2.28. The van der Waals surface area contributed by atoms with Gasteiger partial charge in [0.2, 0.25) is 0 Å². The SMILES string of the molecule is COC(=O)CN(C)c1ncc([N+](=O)[O-])cc1Cl. The van der Waals surface area contributed by atoms with Crippen LogP contribution in [0.2, 0.25) is 5.02 Å². The van der Waals surface area contributed by atoms with E-state index in [9.17, 15) is 14.9 Å². The average molecular weight is 260 g/mol. The first kappa shape index (κ1) is 13.2. The van der Waals surface area contributed by atoms with Gasteiger partial charge in [-0.1, -0.05) is 11.6 Å². The minimum atomic E-state index is -0.594. The summed E-state index contributed by atoms with van der Waals surface area (Å²) >= 11 is 5.83. The molecule has 0 spiro atoms. The van der Waals surface area contributed by atoms with E-state index in [-0.39, 0.29) is 23.1 Å². The standard InChI is InChI=1S/C9H10ClN3O4/c1-12(5-8(14)17-2)9-7(10)3-6(4-11-9)13(15)16/h3-4H,5H2,1-2H3. The fraction of sp³-hybridized carbons (Fsp3) is 0.333. The first-order chi connectivity index (χ1) is 7.95. The number of nitro groups is 1. The van der Waals surface area contributed by atoms with Gasteiger partial charge in [0.25, 0.3) is 5.69 Å². The highest BCUT2D eigenvalue weighted by atomic mass is 35.5. The summed E-state index contributed by atoms with van der Waals surface area (Å²) in [6.45, 7) is -0.0406. The van der Waals surface area contributed by atoms with Gasteiger partial charge < -0.3 is 9.64 Å². The Hall–Kier alpha value is -1.89. The smallest absolute Gasteiger partial charge is 0.325 e. The molecule has 0 aromatic carbocycles. The van der Waals surface area contributed by atoms with Crippen molar-refractivity contribution < 1.29 is 14.5 Å². The molecule has 0 saturated carbocycles. The van der Waals surface area contributed by atoms with Gasteiger partial charge in [0.05, 0.1) is 17.1 Å². The van der Waals surface area contributed by atoms with Crippen LogP contribution in [0.3, 0.4) is 0 Å². The largest absolute Gasteiger partial charge is 0.468 e. The molecule has 0 bridgehead atoms. The van der Waals surface area contributed by atoms with Crippen molar-refractivity contribution in [1.82, 2.24) is 4.98 Å². The maximum absolute atomic E-state index is 11.0. The van der Waals surface area contributed by atoms with E-state index in [1.165, 1.54) is 18.1 Å². The molecule has 0 N–H and O–H groups in total. The van der Waals surface area contributed by atoms with Crippen molar-refractivity contribution in [1.29, 1.82) is 0 Å². The summed E-state index contributed by atoms with van der Waals surface area (Å²) in [4.78, 5) is 26.2. The van der Waals surface area contributed by atoms with E-state index < -0.39 is 10.9 Å². The number of rotatable bonds is 4. The fourth-order valence-electron chi connectivity index (χ4n) is 1.13. The van der Waals surface area contributed by atoms with Gasteiger partial charge in [-0.3, -0.25) is 14.9 Å². The van der Waals surface area contributed by atoms with E-state index in [1.807, 2.05) is 0 Å². The number of carbonyl (C=O) groups is 1. The van der Waals surface area contributed by atoms with E-state index in [2.05, 4.69) is 9.72 Å². The van der Waals surface area contributed by atoms with Crippen molar-refractivity contribution in [2.24, 2.45) is 0 Å². The zero-order valence-corrected chi connectivity index (χ0v) is 9.97. The monoisotopic (exact) mass is 259 g/mol. The molecular formula is C9H10ClN3O4. The quantitative estimate of drug-likeness (QED) is 0.460. The second-order valence-electron chi connectivity index (χ2n) is 3.19. The molecule has 7 nitrogen and oxygen atoms in total. The highest BCUT2D eigenvalue weighted by molar-refractivity contribution is 6.33. The van der Waals surface area contributed by atoms with Crippen molar-refractivity contribution in [2.75, 3.05) is 25.6 Å². The number of anilines is 1. The molecule has 92 valence electrons. The summed E-state index contributed by atoms with van der Waals surface area (Å²) in [7, 11) is 2.85. The van der Waals surface area contributed by atoms with Crippen LogP contribution in [0.25, 0.3) is 0 Å². The molecule has 0 saturated heterocycles. The van der Waals surface area contributed by atoms with Crippen molar-refractivity contribution in [3.05, 3.63) is 27.4 Å². The minimum absolute atomic E-state index is 0.0406.